The molecule has 0 saturated carbocycles. The summed E-state index contributed by atoms with van der Waals surface area (Å²) in [4.78, 5) is 23.2. The third-order valence-corrected chi connectivity index (χ3v) is 3.90. The number of hydrogen-bond donors (Lipinski definition) is 2. The number of nitrogens with zero attached hydrogens (tertiary/aromatic N) is 1. The minimum atomic E-state index is -1.16. The number of halogens is 1. The minimum Gasteiger partial charge on any atom is -0.490 e. The van der Waals surface area contributed by atoms with E-state index in [1.54, 1.807) is 25.1 Å². The first-order chi connectivity index (χ1) is 13.8. The molecule has 0 bridgehead atoms. The van der Waals surface area contributed by atoms with Crippen molar-refractivity contribution in [3.05, 3.63) is 58.1 Å². The lowest BCUT2D eigenvalue weighted by molar-refractivity contribution is -0.139. The monoisotopic (exact) mass is 414 g/mol. The zero-order valence-electron chi connectivity index (χ0n) is 15.9. The van der Waals surface area contributed by atoms with E-state index >= 15 is 0 Å². The van der Waals surface area contributed by atoms with Crippen molar-refractivity contribution < 1.29 is 24.2 Å². The Kier molecular flexibility index (Phi) is 7.63. The van der Waals surface area contributed by atoms with E-state index in [0.717, 1.165) is 5.56 Å². The molecule has 1 amide bonds. The van der Waals surface area contributed by atoms with E-state index in [-0.39, 0.29) is 28.7 Å². The van der Waals surface area contributed by atoms with Gasteiger partial charge in [-0.05, 0) is 55.3 Å². The van der Waals surface area contributed by atoms with E-state index in [9.17, 15) is 14.9 Å². The summed E-state index contributed by atoms with van der Waals surface area (Å²) >= 11 is 6.20. The molecule has 2 aromatic rings. The number of rotatable bonds is 8. The van der Waals surface area contributed by atoms with Gasteiger partial charge in [-0.1, -0.05) is 23.7 Å². The fourth-order valence-corrected chi connectivity index (χ4v) is 2.72. The Morgan fingerprint density at radius 3 is 2.66 bits per heavy atom. The number of carbonyl (C=O) groups is 2. The van der Waals surface area contributed by atoms with Crippen LogP contribution in [0.15, 0.2) is 42.0 Å². The second-order valence-electron chi connectivity index (χ2n) is 5.94. The maximum Gasteiger partial charge on any atom is 0.341 e. The van der Waals surface area contributed by atoms with E-state index in [1.165, 1.54) is 18.2 Å². The van der Waals surface area contributed by atoms with Crippen LogP contribution in [0.25, 0.3) is 6.08 Å². The van der Waals surface area contributed by atoms with Crippen LogP contribution in [0.4, 0.5) is 5.69 Å². The molecular formula is C21H19ClN2O5. The number of carboxylic acid groups (broad SMARTS) is 1. The molecule has 8 heteroatoms. The molecule has 0 spiro atoms. The van der Waals surface area contributed by atoms with Gasteiger partial charge >= 0.3 is 5.97 Å². The van der Waals surface area contributed by atoms with Crippen molar-refractivity contribution in [2.75, 3.05) is 18.5 Å². The Balaban J connectivity index is 2.33. The number of anilines is 1. The number of amides is 1. The number of aliphatic carboxylic acids is 1. The highest BCUT2D eigenvalue weighted by Gasteiger charge is 2.15. The third-order valence-electron chi connectivity index (χ3n) is 3.62. The summed E-state index contributed by atoms with van der Waals surface area (Å²) in [6.45, 7) is 3.33. The average Bonchev–Trinajstić information content (AvgIpc) is 2.65. The van der Waals surface area contributed by atoms with Crippen LogP contribution in [-0.4, -0.2) is 30.2 Å². The van der Waals surface area contributed by atoms with E-state index in [2.05, 4.69) is 5.32 Å². The summed E-state index contributed by atoms with van der Waals surface area (Å²) in [7, 11) is 0. The molecule has 2 N–H and O–H groups in total. The molecule has 0 aliphatic carbocycles. The molecule has 0 fully saturated rings. The van der Waals surface area contributed by atoms with Crippen LogP contribution in [0.2, 0.25) is 5.02 Å². The maximum atomic E-state index is 12.4. The number of ether oxygens (including phenoxy) is 2. The van der Waals surface area contributed by atoms with Crippen LogP contribution < -0.4 is 14.8 Å². The zero-order valence-corrected chi connectivity index (χ0v) is 16.6. The number of carbonyl (C=O) groups excluding carboxylic acids is 1. The molecule has 0 heterocycles. The fourth-order valence-electron chi connectivity index (χ4n) is 2.44. The molecule has 150 valence electrons. The normalized spacial score (nSPS) is 10.8. The molecule has 0 aromatic heterocycles. The van der Waals surface area contributed by atoms with Crippen molar-refractivity contribution in [2.45, 2.75) is 13.8 Å². The molecule has 0 atom stereocenters. The quantitative estimate of drug-likeness (QED) is 0.498. The van der Waals surface area contributed by atoms with E-state index in [0.29, 0.717) is 11.3 Å². The first-order valence-corrected chi connectivity index (χ1v) is 9.02. The molecule has 0 aliphatic heterocycles. The van der Waals surface area contributed by atoms with Gasteiger partial charge in [0.05, 0.1) is 11.6 Å². The first kappa shape index (κ1) is 21.8. The summed E-state index contributed by atoms with van der Waals surface area (Å²) in [6.07, 6.45) is 1.36. The summed E-state index contributed by atoms with van der Waals surface area (Å²) in [5.41, 5.74) is 1.83. The average molecular weight is 415 g/mol. The number of aryl methyl sites for hydroxylation is 1. The summed E-state index contributed by atoms with van der Waals surface area (Å²) in [5.74, 6) is -1.44. The molecule has 0 unspecified atom stereocenters. The first-order valence-electron chi connectivity index (χ1n) is 8.64. The van der Waals surface area contributed by atoms with E-state index < -0.39 is 18.5 Å². The second kappa shape index (κ2) is 10.2. The Bertz CT molecular complexity index is 995. The van der Waals surface area contributed by atoms with Crippen LogP contribution in [0.3, 0.4) is 0 Å². The zero-order chi connectivity index (χ0) is 21.4. The number of nitrogens with one attached hydrogen (secondary N) is 1. The van der Waals surface area contributed by atoms with Gasteiger partial charge in [-0.3, -0.25) is 4.79 Å². The summed E-state index contributed by atoms with van der Waals surface area (Å²) in [5, 5.41) is 21.0. The highest BCUT2D eigenvalue weighted by molar-refractivity contribution is 6.32. The van der Waals surface area contributed by atoms with Crippen LogP contribution in [0.1, 0.15) is 18.1 Å². The van der Waals surface area contributed by atoms with Gasteiger partial charge in [0.2, 0.25) is 0 Å². The highest BCUT2D eigenvalue weighted by Crippen LogP contribution is 2.37. The number of carboxylic acids is 1. The van der Waals surface area contributed by atoms with Crippen LogP contribution in [-0.2, 0) is 9.59 Å². The molecule has 2 rings (SSSR count). The van der Waals surface area contributed by atoms with Gasteiger partial charge < -0.3 is 19.9 Å². The van der Waals surface area contributed by atoms with E-state index in [4.69, 9.17) is 26.2 Å². The molecule has 2 aromatic carbocycles. The minimum absolute atomic E-state index is 0.0794. The van der Waals surface area contributed by atoms with Crippen molar-refractivity contribution in [1.82, 2.24) is 0 Å². The number of nitriles is 1. The molecular weight excluding hydrogens is 396 g/mol. The molecule has 0 saturated heterocycles. The summed E-state index contributed by atoms with van der Waals surface area (Å²) < 4.78 is 10.6. The van der Waals surface area contributed by atoms with Gasteiger partial charge in [0.15, 0.2) is 18.1 Å². The van der Waals surface area contributed by atoms with Crippen molar-refractivity contribution >= 4 is 35.2 Å². The van der Waals surface area contributed by atoms with Crippen molar-refractivity contribution in [3.63, 3.8) is 0 Å². The van der Waals surface area contributed by atoms with Gasteiger partial charge in [-0.15, -0.1) is 0 Å². The second-order valence-corrected chi connectivity index (χ2v) is 6.35. The molecule has 0 aliphatic rings. The SMILES string of the molecule is CCOc1cc(/C=C(\C#N)C(=O)Nc2cccc(C)c2)cc(Cl)c1OCC(=O)O. The van der Waals surface area contributed by atoms with Gasteiger partial charge in [-0.2, -0.15) is 5.26 Å². The van der Waals surface area contributed by atoms with Crippen LogP contribution in [0, 0.1) is 18.3 Å². The number of hydrogen-bond acceptors (Lipinski definition) is 5. The Hall–Kier alpha value is -3.50. The largest absolute Gasteiger partial charge is 0.490 e. The van der Waals surface area contributed by atoms with Gasteiger partial charge in [0.1, 0.15) is 11.6 Å². The Morgan fingerprint density at radius 2 is 2.03 bits per heavy atom. The lowest BCUT2D eigenvalue weighted by Gasteiger charge is -2.13. The standard InChI is InChI=1S/C21H19ClN2O5/c1-3-28-18-10-14(9-17(22)20(18)29-12-19(25)26)8-15(11-23)21(27)24-16-6-4-5-13(2)7-16/h4-10H,3,12H2,1-2H3,(H,24,27)(H,25,26)/b15-8+. The van der Waals surface area contributed by atoms with Crippen LogP contribution in [0.5, 0.6) is 11.5 Å². The lowest BCUT2D eigenvalue weighted by Crippen LogP contribution is -2.13. The summed E-state index contributed by atoms with van der Waals surface area (Å²) in [6, 6.07) is 12.0. The predicted octanol–water partition coefficient (Wildman–Crippen LogP) is 4.06. The van der Waals surface area contributed by atoms with Crippen molar-refractivity contribution in [1.29, 1.82) is 5.26 Å². The fraction of sp³-hybridized carbons (Fsp3) is 0.190. The topological polar surface area (TPSA) is 109 Å². The lowest BCUT2D eigenvalue weighted by atomic mass is 10.1. The van der Waals surface area contributed by atoms with Crippen molar-refractivity contribution in [2.24, 2.45) is 0 Å². The van der Waals surface area contributed by atoms with Crippen LogP contribution >= 0.6 is 11.6 Å². The van der Waals surface area contributed by atoms with Gasteiger partial charge in [0, 0.05) is 5.69 Å². The van der Waals surface area contributed by atoms with Gasteiger partial charge in [0.25, 0.3) is 5.91 Å². The number of benzene rings is 2. The Labute approximate surface area is 173 Å². The van der Waals surface area contributed by atoms with Crippen molar-refractivity contribution in [3.8, 4) is 17.6 Å². The smallest absolute Gasteiger partial charge is 0.341 e. The third kappa shape index (κ3) is 6.26. The Morgan fingerprint density at radius 1 is 1.28 bits per heavy atom. The predicted molar refractivity (Wildman–Crippen MR) is 109 cm³/mol. The molecule has 7 nitrogen and oxygen atoms in total. The molecule has 0 radical (unpaired) electrons. The van der Waals surface area contributed by atoms with Gasteiger partial charge in [-0.25, -0.2) is 4.79 Å². The maximum absolute atomic E-state index is 12.4. The highest BCUT2D eigenvalue weighted by atomic mass is 35.5. The molecule has 29 heavy (non-hydrogen) atoms. The van der Waals surface area contributed by atoms with E-state index in [1.807, 2.05) is 19.1 Å².